The van der Waals surface area contributed by atoms with E-state index in [9.17, 15) is 9.59 Å². The van der Waals surface area contributed by atoms with Gasteiger partial charge >= 0.3 is 0 Å². The first-order valence-electron chi connectivity index (χ1n) is 6.47. The summed E-state index contributed by atoms with van der Waals surface area (Å²) in [6, 6.07) is 5.46. The molecule has 3 N–H and O–H groups in total. The van der Waals surface area contributed by atoms with Crippen molar-refractivity contribution in [3.63, 3.8) is 0 Å². The van der Waals surface area contributed by atoms with Gasteiger partial charge in [-0.05, 0) is 31.2 Å². The van der Waals surface area contributed by atoms with Gasteiger partial charge in [0.1, 0.15) is 0 Å². The molecule has 0 aromatic heterocycles. The number of hydrogen-bond acceptors (Lipinski definition) is 3. The highest BCUT2D eigenvalue weighted by molar-refractivity contribution is 5.95. The summed E-state index contributed by atoms with van der Waals surface area (Å²) in [6.07, 6.45) is 0.427. The fourth-order valence-corrected chi connectivity index (χ4v) is 1.52. The van der Waals surface area contributed by atoms with Gasteiger partial charge in [0.15, 0.2) is 0 Å². The Morgan fingerprint density at radius 1 is 1.11 bits per heavy atom. The number of hydrogen-bond donors (Lipinski definition) is 3. The van der Waals surface area contributed by atoms with Crippen molar-refractivity contribution in [2.75, 3.05) is 23.7 Å². The van der Waals surface area contributed by atoms with Crippen molar-refractivity contribution in [3.05, 3.63) is 23.8 Å². The Hall–Kier alpha value is -1.88. The minimum absolute atomic E-state index is 0.0474. The van der Waals surface area contributed by atoms with Crippen molar-refractivity contribution >= 4 is 23.2 Å². The highest BCUT2D eigenvalue weighted by atomic mass is 16.2. The van der Waals surface area contributed by atoms with Gasteiger partial charge in [0.2, 0.25) is 11.8 Å². The SMILES string of the molecule is CCNCC(=O)Nc1cc(NC(=O)CC)ccc1C. The van der Waals surface area contributed by atoms with E-state index in [-0.39, 0.29) is 18.4 Å². The number of nitrogens with one attached hydrogen (secondary N) is 3. The van der Waals surface area contributed by atoms with E-state index in [1.165, 1.54) is 0 Å². The van der Waals surface area contributed by atoms with Crippen LogP contribution in [0.3, 0.4) is 0 Å². The van der Waals surface area contributed by atoms with Gasteiger partial charge in [-0.3, -0.25) is 9.59 Å². The maximum absolute atomic E-state index is 11.7. The quantitative estimate of drug-likeness (QED) is 0.734. The van der Waals surface area contributed by atoms with Gasteiger partial charge in [-0.2, -0.15) is 0 Å². The predicted octanol–water partition coefficient (Wildman–Crippen LogP) is 1.89. The normalized spacial score (nSPS) is 10.1. The van der Waals surface area contributed by atoms with Crippen molar-refractivity contribution < 1.29 is 9.59 Å². The van der Waals surface area contributed by atoms with Crippen LogP contribution in [0.5, 0.6) is 0 Å². The second-order valence-corrected chi connectivity index (χ2v) is 4.26. The van der Waals surface area contributed by atoms with Crippen molar-refractivity contribution in [1.82, 2.24) is 5.32 Å². The lowest BCUT2D eigenvalue weighted by Gasteiger charge is -2.11. The summed E-state index contributed by atoms with van der Waals surface area (Å²) in [5, 5.41) is 8.56. The van der Waals surface area contributed by atoms with Crippen LogP contribution in [0.15, 0.2) is 18.2 Å². The average Bonchev–Trinajstić information content (AvgIpc) is 2.40. The van der Waals surface area contributed by atoms with Gasteiger partial charge in [-0.25, -0.2) is 0 Å². The highest BCUT2D eigenvalue weighted by Gasteiger charge is 2.06. The first-order valence-corrected chi connectivity index (χ1v) is 6.47. The number of benzene rings is 1. The van der Waals surface area contributed by atoms with Crippen LogP contribution in [0, 0.1) is 6.92 Å². The zero-order valence-corrected chi connectivity index (χ0v) is 11.7. The Balaban J connectivity index is 2.74. The monoisotopic (exact) mass is 263 g/mol. The molecule has 5 heteroatoms. The number of rotatable bonds is 6. The molecular weight excluding hydrogens is 242 g/mol. The fourth-order valence-electron chi connectivity index (χ4n) is 1.52. The molecule has 1 aromatic carbocycles. The first kappa shape index (κ1) is 15.2. The van der Waals surface area contributed by atoms with Crippen LogP contribution in [0.4, 0.5) is 11.4 Å². The van der Waals surface area contributed by atoms with Crippen LogP contribution in [0.2, 0.25) is 0 Å². The molecule has 0 spiro atoms. The zero-order valence-electron chi connectivity index (χ0n) is 11.7. The predicted molar refractivity (Wildman–Crippen MR) is 77.3 cm³/mol. The van der Waals surface area contributed by atoms with Crippen LogP contribution < -0.4 is 16.0 Å². The number of amides is 2. The van der Waals surface area contributed by atoms with E-state index in [0.717, 1.165) is 17.8 Å². The first-order chi connectivity index (χ1) is 9.06. The number of aryl methyl sites for hydroxylation is 1. The largest absolute Gasteiger partial charge is 0.326 e. The second kappa shape index (κ2) is 7.53. The molecule has 1 rings (SSSR count). The Kier molecular flexibility index (Phi) is 6.02. The summed E-state index contributed by atoms with van der Waals surface area (Å²) < 4.78 is 0. The summed E-state index contributed by atoms with van der Waals surface area (Å²) in [4.78, 5) is 23.0. The molecule has 1 aromatic rings. The van der Waals surface area contributed by atoms with Crippen molar-refractivity contribution in [3.8, 4) is 0 Å². The topological polar surface area (TPSA) is 70.2 Å². The maximum atomic E-state index is 11.7. The molecule has 0 aliphatic heterocycles. The fraction of sp³-hybridized carbons (Fsp3) is 0.429. The molecule has 0 bridgehead atoms. The number of carbonyl (C=O) groups is 2. The third kappa shape index (κ3) is 5.09. The minimum atomic E-state index is -0.0936. The van der Waals surface area contributed by atoms with E-state index < -0.39 is 0 Å². The number of likely N-dealkylation sites (N-methyl/N-ethyl adjacent to an activating group) is 1. The van der Waals surface area contributed by atoms with Crippen molar-refractivity contribution in [2.24, 2.45) is 0 Å². The molecule has 104 valence electrons. The minimum Gasteiger partial charge on any atom is -0.326 e. The number of carbonyl (C=O) groups excluding carboxylic acids is 2. The molecule has 0 saturated heterocycles. The Morgan fingerprint density at radius 3 is 2.47 bits per heavy atom. The molecule has 0 radical (unpaired) electrons. The lowest BCUT2D eigenvalue weighted by atomic mass is 10.1. The zero-order chi connectivity index (χ0) is 14.3. The van der Waals surface area contributed by atoms with E-state index in [4.69, 9.17) is 0 Å². The van der Waals surface area contributed by atoms with E-state index in [2.05, 4.69) is 16.0 Å². The molecule has 0 saturated carbocycles. The van der Waals surface area contributed by atoms with Gasteiger partial charge in [-0.1, -0.05) is 19.9 Å². The lowest BCUT2D eigenvalue weighted by Crippen LogP contribution is -2.28. The molecule has 0 heterocycles. The molecule has 0 fully saturated rings. The molecule has 0 aliphatic rings. The van der Waals surface area contributed by atoms with Crippen LogP contribution in [-0.2, 0) is 9.59 Å². The van der Waals surface area contributed by atoms with E-state index >= 15 is 0 Å². The Labute approximate surface area is 113 Å². The van der Waals surface area contributed by atoms with E-state index in [0.29, 0.717) is 12.1 Å². The van der Waals surface area contributed by atoms with Crippen LogP contribution in [0.25, 0.3) is 0 Å². The highest BCUT2D eigenvalue weighted by Crippen LogP contribution is 2.20. The van der Waals surface area contributed by atoms with Gasteiger partial charge in [0, 0.05) is 17.8 Å². The summed E-state index contributed by atoms with van der Waals surface area (Å²) in [6.45, 7) is 6.68. The van der Waals surface area contributed by atoms with Gasteiger partial charge in [0.25, 0.3) is 0 Å². The van der Waals surface area contributed by atoms with E-state index in [1.807, 2.05) is 26.0 Å². The second-order valence-electron chi connectivity index (χ2n) is 4.26. The molecular formula is C14H21N3O2. The molecule has 0 unspecified atom stereocenters. The Morgan fingerprint density at radius 2 is 1.84 bits per heavy atom. The van der Waals surface area contributed by atoms with E-state index in [1.54, 1.807) is 13.0 Å². The molecule has 19 heavy (non-hydrogen) atoms. The standard InChI is InChI=1S/C14H21N3O2/c1-4-13(18)16-11-7-6-10(3)12(8-11)17-14(19)9-15-5-2/h6-8,15H,4-5,9H2,1-3H3,(H,16,18)(H,17,19). The van der Waals surface area contributed by atoms with Gasteiger partial charge in [-0.15, -0.1) is 0 Å². The lowest BCUT2D eigenvalue weighted by molar-refractivity contribution is -0.116. The van der Waals surface area contributed by atoms with Crippen molar-refractivity contribution in [1.29, 1.82) is 0 Å². The molecule has 0 atom stereocenters. The van der Waals surface area contributed by atoms with Crippen LogP contribution in [0.1, 0.15) is 25.8 Å². The third-order valence-electron chi connectivity index (χ3n) is 2.65. The van der Waals surface area contributed by atoms with Gasteiger partial charge < -0.3 is 16.0 Å². The van der Waals surface area contributed by atoms with Gasteiger partial charge in [0.05, 0.1) is 6.54 Å². The molecule has 5 nitrogen and oxygen atoms in total. The number of anilines is 2. The third-order valence-corrected chi connectivity index (χ3v) is 2.65. The molecule has 2 amide bonds. The van der Waals surface area contributed by atoms with Crippen LogP contribution >= 0.6 is 0 Å². The summed E-state index contributed by atoms with van der Waals surface area (Å²) in [7, 11) is 0. The summed E-state index contributed by atoms with van der Waals surface area (Å²) in [5.74, 6) is -0.141. The smallest absolute Gasteiger partial charge is 0.238 e. The Bertz CT molecular complexity index is 458. The van der Waals surface area contributed by atoms with Crippen LogP contribution in [-0.4, -0.2) is 24.9 Å². The summed E-state index contributed by atoms with van der Waals surface area (Å²) >= 11 is 0. The summed E-state index contributed by atoms with van der Waals surface area (Å²) in [5.41, 5.74) is 2.37. The average molecular weight is 263 g/mol. The van der Waals surface area contributed by atoms with Crippen molar-refractivity contribution in [2.45, 2.75) is 27.2 Å². The maximum Gasteiger partial charge on any atom is 0.238 e. The molecule has 0 aliphatic carbocycles.